The molecule has 2 fully saturated rings. The summed E-state index contributed by atoms with van der Waals surface area (Å²) in [6, 6.07) is 9.95. The van der Waals surface area contributed by atoms with Gasteiger partial charge in [0.05, 0.1) is 24.2 Å². The number of ether oxygens (including phenoxy) is 1. The maximum absolute atomic E-state index is 10.2. The minimum atomic E-state index is -0.531. The molecule has 3 atom stereocenters. The maximum atomic E-state index is 10.2. The molecule has 150 valence electrons. The van der Waals surface area contributed by atoms with E-state index in [0.717, 1.165) is 43.7 Å². The van der Waals surface area contributed by atoms with Gasteiger partial charge in [0, 0.05) is 12.1 Å². The molecule has 0 spiro atoms. The van der Waals surface area contributed by atoms with E-state index in [9.17, 15) is 10.2 Å². The molecule has 2 saturated heterocycles. The minimum absolute atomic E-state index is 0.162. The van der Waals surface area contributed by atoms with Crippen LogP contribution < -0.4 is 15.4 Å². The van der Waals surface area contributed by atoms with Crippen LogP contribution in [-0.4, -0.2) is 47.6 Å². The Morgan fingerprint density at radius 3 is 2.33 bits per heavy atom. The molecule has 6 heteroatoms. The predicted molar refractivity (Wildman–Crippen MR) is 105 cm³/mol. The molecule has 0 radical (unpaired) electrons. The summed E-state index contributed by atoms with van der Waals surface area (Å²) in [6.07, 6.45) is 4.38. The number of nitriles is 1. The first-order valence-corrected chi connectivity index (χ1v) is 9.88. The lowest BCUT2D eigenvalue weighted by atomic mass is 9.98. The van der Waals surface area contributed by atoms with Crippen LogP contribution in [0.15, 0.2) is 24.3 Å². The summed E-state index contributed by atoms with van der Waals surface area (Å²) in [7, 11) is 0. The van der Waals surface area contributed by atoms with Gasteiger partial charge in [0.2, 0.25) is 0 Å². The van der Waals surface area contributed by atoms with E-state index >= 15 is 0 Å². The number of hydrogen-bond donors (Lipinski definition) is 4. The fourth-order valence-corrected chi connectivity index (χ4v) is 3.48. The zero-order valence-corrected chi connectivity index (χ0v) is 16.4. The summed E-state index contributed by atoms with van der Waals surface area (Å²) < 4.78 is 5.39. The summed E-state index contributed by atoms with van der Waals surface area (Å²) in [5.74, 6) is 0.737. The molecule has 2 aliphatic heterocycles. The van der Waals surface area contributed by atoms with Crippen LogP contribution in [0.5, 0.6) is 5.75 Å². The normalized spacial score (nSPS) is 23.2. The molecular weight excluding hydrogens is 342 g/mol. The summed E-state index contributed by atoms with van der Waals surface area (Å²) >= 11 is 0. The number of aliphatic hydroxyl groups excluding tert-OH is 1. The van der Waals surface area contributed by atoms with E-state index < -0.39 is 11.7 Å². The van der Waals surface area contributed by atoms with Crippen LogP contribution in [0.1, 0.15) is 57.6 Å². The number of aliphatic hydroxyl groups is 2. The average molecular weight is 376 g/mol. The van der Waals surface area contributed by atoms with Gasteiger partial charge >= 0.3 is 0 Å². The van der Waals surface area contributed by atoms with E-state index in [0.29, 0.717) is 19.1 Å². The zero-order valence-electron chi connectivity index (χ0n) is 16.4. The molecule has 0 saturated carbocycles. The van der Waals surface area contributed by atoms with Gasteiger partial charge in [-0.05, 0) is 70.3 Å². The second-order valence-electron chi connectivity index (χ2n) is 7.78. The van der Waals surface area contributed by atoms with E-state index in [2.05, 4.69) is 10.6 Å². The number of rotatable bonds is 6. The third kappa shape index (κ3) is 7.11. The second kappa shape index (κ2) is 10.6. The fourth-order valence-electron chi connectivity index (χ4n) is 3.48. The molecule has 27 heavy (non-hydrogen) atoms. The highest BCUT2D eigenvalue weighted by atomic mass is 16.5. The van der Waals surface area contributed by atoms with E-state index in [-0.39, 0.29) is 6.04 Å². The van der Waals surface area contributed by atoms with E-state index in [1.807, 2.05) is 44.2 Å². The molecule has 2 aliphatic rings. The molecule has 2 heterocycles. The maximum Gasteiger partial charge on any atom is 0.119 e. The smallest absolute Gasteiger partial charge is 0.119 e. The molecule has 6 nitrogen and oxygen atoms in total. The molecule has 0 aliphatic carbocycles. The minimum Gasteiger partial charge on any atom is -0.493 e. The van der Waals surface area contributed by atoms with Crippen molar-refractivity contribution in [3.8, 4) is 11.8 Å². The number of nitrogens with zero attached hydrogens (tertiary/aromatic N) is 1. The van der Waals surface area contributed by atoms with Crippen LogP contribution in [0.2, 0.25) is 0 Å². The standard InChI is InChI=1S/C14H18N2O2.C7H15NO/c15-8-2-10-18-12-6-4-11(5-7-12)14(17)13-3-1-9-16-13;1-7(2,9)6-4-3-5-8-6/h4-7,13-14,16-17H,1-3,9-10H2;6,8-9H,3-5H2,1-2H3. The third-order valence-corrected chi connectivity index (χ3v) is 5.10. The lowest BCUT2D eigenvalue weighted by Crippen LogP contribution is -2.42. The highest BCUT2D eigenvalue weighted by Crippen LogP contribution is 2.24. The van der Waals surface area contributed by atoms with Gasteiger partial charge in [-0.25, -0.2) is 0 Å². The van der Waals surface area contributed by atoms with E-state index in [4.69, 9.17) is 10.00 Å². The van der Waals surface area contributed by atoms with Crippen molar-refractivity contribution in [3.63, 3.8) is 0 Å². The Kier molecular flexibility index (Phi) is 8.52. The molecule has 0 bridgehead atoms. The molecule has 4 N–H and O–H groups in total. The van der Waals surface area contributed by atoms with Crippen molar-refractivity contribution in [3.05, 3.63) is 29.8 Å². The summed E-state index contributed by atoms with van der Waals surface area (Å²) in [6.45, 7) is 6.17. The van der Waals surface area contributed by atoms with E-state index in [1.54, 1.807) is 0 Å². The summed E-state index contributed by atoms with van der Waals surface area (Å²) in [5.41, 5.74) is 0.373. The van der Waals surface area contributed by atoms with Crippen molar-refractivity contribution in [2.75, 3.05) is 19.7 Å². The monoisotopic (exact) mass is 375 g/mol. The molecule has 1 aromatic carbocycles. The van der Waals surface area contributed by atoms with Crippen LogP contribution >= 0.6 is 0 Å². The molecule has 0 amide bonds. The Morgan fingerprint density at radius 2 is 1.85 bits per heavy atom. The lowest BCUT2D eigenvalue weighted by Gasteiger charge is -2.25. The number of hydrogen-bond acceptors (Lipinski definition) is 6. The summed E-state index contributed by atoms with van der Waals surface area (Å²) in [5, 5.41) is 34.6. The Bertz CT molecular complexity index is 580. The topological polar surface area (TPSA) is 97.5 Å². The predicted octanol–water partition coefficient (Wildman–Crippen LogP) is 2.27. The van der Waals surface area contributed by atoms with Gasteiger partial charge in [0.15, 0.2) is 0 Å². The van der Waals surface area contributed by atoms with Crippen molar-refractivity contribution in [2.24, 2.45) is 0 Å². The van der Waals surface area contributed by atoms with Crippen molar-refractivity contribution < 1.29 is 14.9 Å². The quantitative estimate of drug-likeness (QED) is 0.570. The van der Waals surface area contributed by atoms with Gasteiger partial charge in [0.25, 0.3) is 0 Å². The molecule has 1 aromatic rings. The van der Waals surface area contributed by atoms with Gasteiger partial charge in [-0.1, -0.05) is 12.1 Å². The SMILES string of the molecule is CC(C)(O)C1CCCN1.N#CCCOc1ccc(C(O)C2CCCN2)cc1. The highest BCUT2D eigenvalue weighted by Gasteiger charge is 2.28. The Hall–Kier alpha value is -1.65. The first-order chi connectivity index (χ1) is 12.9. The van der Waals surface area contributed by atoms with Crippen molar-refractivity contribution >= 4 is 0 Å². The lowest BCUT2D eigenvalue weighted by molar-refractivity contribution is 0.0449. The third-order valence-electron chi connectivity index (χ3n) is 5.10. The largest absolute Gasteiger partial charge is 0.493 e. The van der Waals surface area contributed by atoms with Gasteiger partial charge < -0.3 is 25.6 Å². The Balaban J connectivity index is 0.000000244. The Morgan fingerprint density at radius 1 is 1.19 bits per heavy atom. The van der Waals surface area contributed by atoms with Gasteiger partial charge in [0.1, 0.15) is 12.4 Å². The fraction of sp³-hybridized carbons (Fsp3) is 0.667. The van der Waals surface area contributed by atoms with Gasteiger partial charge in [-0.15, -0.1) is 0 Å². The van der Waals surface area contributed by atoms with Crippen LogP contribution in [-0.2, 0) is 0 Å². The molecule has 0 aromatic heterocycles. The molecule has 3 rings (SSSR count). The van der Waals surface area contributed by atoms with Gasteiger partial charge in [-0.2, -0.15) is 5.26 Å². The molecular formula is C21H33N3O3. The van der Waals surface area contributed by atoms with Crippen molar-refractivity contribution in [1.29, 1.82) is 5.26 Å². The second-order valence-corrected chi connectivity index (χ2v) is 7.78. The Labute approximate surface area is 162 Å². The van der Waals surface area contributed by atoms with Crippen LogP contribution in [0, 0.1) is 11.3 Å². The molecule has 3 unspecified atom stereocenters. The summed E-state index contributed by atoms with van der Waals surface area (Å²) in [4.78, 5) is 0. The first-order valence-electron chi connectivity index (χ1n) is 9.88. The van der Waals surface area contributed by atoms with Gasteiger partial charge in [-0.3, -0.25) is 0 Å². The van der Waals surface area contributed by atoms with Crippen LogP contribution in [0.3, 0.4) is 0 Å². The van der Waals surface area contributed by atoms with Crippen LogP contribution in [0.4, 0.5) is 0 Å². The van der Waals surface area contributed by atoms with Crippen LogP contribution in [0.25, 0.3) is 0 Å². The van der Waals surface area contributed by atoms with E-state index in [1.165, 1.54) is 6.42 Å². The first kappa shape index (κ1) is 21.6. The zero-order chi connectivity index (χ0) is 19.7. The number of nitrogens with one attached hydrogen (secondary N) is 2. The number of benzene rings is 1. The highest BCUT2D eigenvalue weighted by molar-refractivity contribution is 5.29. The van der Waals surface area contributed by atoms with Crippen molar-refractivity contribution in [2.45, 2.75) is 69.7 Å². The van der Waals surface area contributed by atoms with Crippen molar-refractivity contribution in [1.82, 2.24) is 10.6 Å². The average Bonchev–Trinajstić information content (AvgIpc) is 3.36.